The topological polar surface area (TPSA) is 66.4 Å². The SMILES string of the molecule is CC(CCNC(=O)/C=C/c1ccc(F)cc1)C(=O)O. The van der Waals surface area contributed by atoms with Gasteiger partial charge in [0.1, 0.15) is 5.82 Å². The number of carboxylic acid groups (broad SMARTS) is 1. The van der Waals surface area contributed by atoms with Crippen LogP contribution >= 0.6 is 0 Å². The molecule has 1 amide bonds. The Hall–Kier alpha value is -2.17. The first-order chi connectivity index (χ1) is 8.99. The number of halogens is 1. The minimum absolute atomic E-state index is 0.304. The van der Waals surface area contributed by atoms with E-state index < -0.39 is 11.9 Å². The number of nitrogens with one attached hydrogen (secondary N) is 1. The van der Waals surface area contributed by atoms with Crippen LogP contribution in [-0.4, -0.2) is 23.5 Å². The molecule has 2 N–H and O–H groups in total. The van der Waals surface area contributed by atoms with Gasteiger partial charge in [-0.3, -0.25) is 9.59 Å². The number of benzene rings is 1. The second-order valence-electron chi connectivity index (χ2n) is 4.20. The lowest BCUT2D eigenvalue weighted by Crippen LogP contribution is -2.25. The standard InChI is InChI=1S/C14H16FNO3/c1-10(14(18)19)8-9-16-13(17)7-4-11-2-5-12(15)6-3-11/h2-7,10H,8-9H2,1H3,(H,16,17)(H,18,19)/b7-4+. The van der Waals surface area contributed by atoms with E-state index in [9.17, 15) is 14.0 Å². The van der Waals surface area contributed by atoms with E-state index >= 15 is 0 Å². The average molecular weight is 265 g/mol. The molecule has 1 aromatic rings. The summed E-state index contributed by atoms with van der Waals surface area (Å²) in [5.41, 5.74) is 0.718. The number of carbonyl (C=O) groups is 2. The molecule has 0 radical (unpaired) electrons. The van der Waals surface area contributed by atoms with Crippen LogP contribution in [0.4, 0.5) is 4.39 Å². The summed E-state index contributed by atoms with van der Waals surface area (Å²) in [4.78, 5) is 22.0. The largest absolute Gasteiger partial charge is 0.481 e. The summed E-state index contributed by atoms with van der Waals surface area (Å²) in [7, 11) is 0. The molecule has 1 rings (SSSR count). The fraction of sp³-hybridized carbons (Fsp3) is 0.286. The lowest BCUT2D eigenvalue weighted by molar-refractivity contribution is -0.141. The third-order valence-electron chi connectivity index (χ3n) is 2.60. The van der Waals surface area contributed by atoms with Gasteiger partial charge in [0.2, 0.25) is 5.91 Å². The van der Waals surface area contributed by atoms with Gasteiger partial charge in [-0.15, -0.1) is 0 Å². The number of hydrogen-bond donors (Lipinski definition) is 2. The van der Waals surface area contributed by atoms with Crippen LogP contribution in [0, 0.1) is 11.7 Å². The zero-order valence-corrected chi connectivity index (χ0v) is 10.6. The van der Waals surface area contributed by atoms with Gasteiger partial charge in [-0.1, -0.05) is 19.1 Å². The van der Waals surface area contributed by atoms with Gasteiger partial charge >= 0.3 is 5.97 Å². The van der Waals surface area contributed by atoms with Crippen LogP contribution in [0.2, 0.25) is 0 Å². The highest BCUT2D eigenvalue weighted by Crippen LogP contribution is 2.04. The van der Waals surface area contributed by atoms with Gasteiger partial charge in [-0.25, -0.2) is 4.39 Å². The van der Waals surface area contributed by atoms with E-state index in [0.29, 0.717) is 13.0 Å². The summed E-state index contributed by atoms with van der Waals surface area (Å²) in [6.45, 7) is 1.89. The van der Waals surface area contributed by atoms with Gasteiger partial charge < -0.3 is 10.4 Å². The molecule has 102 valence electrons. The van der Waals surface area contributed by atoms with Crippen molar-refractivity contribution in [3.8, 4) is 0 Å². The molecule has 0 heterocycles. The number of rotatable bonds is 6. The number of carboxylic acids is 1. The normalized spacial score (nSPS) is 12.3. The first kappa shape index (κ1) is 14.9. The van der Waals surface area contributed by atoms with Crippen molar-refractivity contribution in [1.82, 2.24) is 5.32 Å². The van der Waals surface area contributed by atoms with E-state index in [1.807, 2.05) is 0 Å². The van der Waals surface area contributed by atoms with Crippen LogP contribution in [-0.2, 0) is 9.59 Å². The van der Waals surface area contributed by atoms with Crippen molar-refractivity contribution in [1.29, 1.82) is 0 Å². The number of aliphatic carboxylic acids is 1. The average Bonchev–Trinajstić information content (AvgIpc) is 2.37. The Morgan fingerprint density at radius 1 is 1.37 bits per heavy atom. The van der Waals surface area contributed by atoms with Crippen molar-refractivity contribution in [3.63, 3.8) is 0 Å². The van der Waals surface area contributed by atoms with E-state index in [2.05, 4.69) is 5.32 Å². The second-order valence-corrected chi connectivity index (χ2v) is 4.20. The van der Waals surface area contributed by atoms with Crippen LogP contribution in [0.5, 0.6) is 0 Å². The molecule has 1 unspecified atom stereocenters. The van der Waals surface area contributed by atoms with Crippen molar-refractivity contribution in [2.75, 3.05) is 6.54 Å². The summed E-state index contributed by atoms with van der Waals surface area (Å²) in [5, 5.41) is 11.3. The summed E-state index contributed by atoms with van der Waals surface area (Å²) >= 11 is 0. The molecule has 19 heavy (non-hydrogen) atoms. The van der Waals surface area contributed by atoms with E-state index in [1.54, 1.807) is 25.1 Å². The van der Waals surface area contributed by atoms with Crippen molar-refractivity contribution < 1.29 is 19.1 Å². The number of amides is 1. The van der Waals surface area contributed by atoms with Crippen molar-refractivity contribution in [2.45, 2.75) is 13.3 Å². The summed E-state index contributed by atoms with van der Waals surface area (Å²) < 4.78 is 12.6. The first-order valence-electron chi connectivity index (χ1n) is 5.93. The van der Waals surface area contributed by atoms with Crippen LogP contribution in [0.1, 0.15) is 18.9 Å². The molecule has 0 spiro atoms. The quantitative estimate of drug-likeness (QED) is 0.774. The lowest BCUT2D eigenvalue weighted by Gasteiger charge is -2.05. The molecule has 0 saturated carbocycles. The molecule has 0 aromatic heterocycles. The minimum atomic E-state index is -0.879. The molecular formula is C14H16FNO3. The van der Waals surface area contributed by atoms with Gasteiger partial charge in [0.05, 0.1) is 5.92 Å². The Morgan fingerprint density at radius 3 is 2.58 bits per heavy atom. The highest BCUT2D eigenvalue weighted by Gasteiger charge is 2.09. The van der Waals surface area contributed by atoms with E-state index in [0.717, 1.165) is 5.56 Å². The molecule has 1 atom stereocenters. The molecule has 0 fully saturated rings. The third-order valence-corrected chi connectivity index (χ3v) is 2.60. The Kier molecular flexibility index (Phi) is 5.73. The maximum absolute atomic E-state index is 12.6. The lowest BCUT2D eigenvalue weighted by atomic mass is 10.1. The third kappa shape index (κ3) is 5.81. The van der Waals surface area contributed by atoms with Crippen molar-refractivity contribution >= 4 is 18.0 Å². The molecule has 0 bridgehead atoms. The Bertz CT molecular complexity index is 468. The maximum Gasteiger partial charge on any atom is 0.306 e. The smallest absolute Gasteiger partial charge is 0.306 e. The van der Waals surface area contributed by atoms with Gasteiger partial charge in [0.25, 0.3) is 0 Å². The molecule has 1 aromatic carbocycles. The summed E-state index contributed by atoms with van der Waals surface area (Å²) in [5.74, 6) is -2.00. The number of carbonyl (C=O) groups excluding carboxylic acids is 1. The van der Waals surface area contributed by atoms with E-state index in [4.69, 9.17) is 5.11 Å². The molecular weight excluding hydrogens is 249 g/mol. The van der Waals surface area contributed by atoms with E-state index in [1.165, 1.54) is 18.2 Å². The van der Waals surface area contributed by atoms with Crippen LogP contribution in [0.25, 0.3) is 6.08 Å². The molecule has 0 saturated heterocycles. The van der Waals surface area contributed by atoms with Crippen LogP contribution in [0.3, 0.4) is 0 Å². The van der Waals surface area contributed by atoms with Crippen LogP contribution < -0.4 is 5.32 Å². The van der Waals surface area contributed by atoms with Gasteiger partial charge in [0, 0.05) is 12.6 Å². The zero-order valence-electron chi connectivity index (χ0n) is 10.6. The van der Waals surface area contributed by atoms with Gasteiger partial charge in [0.15, 0.2) is 0 Å². The van der Waals surface area contributed by atoms with Crippen LogP contribution in [0.15, 0.2) is 30.3 Å². The molecule has 5 heteroatoms. The molecule has 0 aliphatic rings. The molecule has 0 aliphatic carbocycles. The second kappa shape index (κ2) is 7.31. The zero-order chi connectivity index (χ0) is 14.3. The number of hydrogen-bond acceptors (Lipinski definition) is 2. The molecule has 4 nitrogen and oxygen atoms in total. The highest BCUT2D eigenvalue weighted by molar-refractivity contribution is 5.91. The predicted octanol–water partition coefficient (Wildman–Crippen LogP) is 2.07. The Morgan fingerprint density at radius 2 is 2.00 bits per heavy atom. The predicted molar refractivity (Wildman–Crippen MR) is 69.9 cm³/mol. The minimum Gasteiger partial charge on any atom is -0.481 e. The maximum atomic E-state index is 12.6. The van der Waals surface area contributed by atoms with Crippen molar-refractivity contribution in [2.24, 2.45) is 5.92 Å². The summed E-state index contributed by atoms with van der Waals surface area (Å²) in [6.07, 6.45) is 3.28. The fourth-order valence-corrected chi connectivity index (χ4v) is 1.34. The first-order valence-corrected chi connectivity index (χ1v) is 5.93. The fourth-order valence-electron chi connectivity index (χ4n) is 1.34. The van der Waals surface area contributed by atoms with Gasteiger partial charge in [-0.2, -0.15) is 0 Å². The Balaban J connectivity index is 2.35. The molecule has 0 aliphatic heterocycles. The monoisotopic (exact) mass is 265 g/mol. The van der Waals surface area contributed by atoms with Gasteiger partial charge in [-0.05, 0) is 30.2 Å². The summed E-state index contributed by atoms with van der Waals surface area (Å²) in [6, 6.07) is 5.75. The Labute approximate surface area is 110 Å². The van der Waals surface area contributed by atoms with E-state index in [-0.39, 0.29) is 11.7 Å². The highest BCUT2D eigenvalue weighted by atomic mass is 19.1. The van der Waals surface area contributed by atoms with Crippen molar-refractivity contribution in [3.05, 3.63) is 41.7 Å².